The van der Waals surface area contributed by atoms with Crippen LogP contribution >= 0.6 is 34.8 Å². The number of aryl methyl sites for hydroxylation is 1. The summed E-state index contributed by atoms with van der Waals surface area (Å²) in [5.74, 6) is -0.542. The Kier molecular flexibility index (Phi) is 12.7. The fraction of sp³-hybridized carbons (Fsp3) is 0.481. The summed E-state index contributed by atoms with van der Waals surface area (Å²) in [4.78, 5) is 28.1. The van der Waals surface area contributed by atoms with Crippen LogP contribution in [0.3, 0.4) is 0 Å². The second-order valence-electron chi connectivity index (χ2n) is 9.16. The van der Waals surface area contributed by atoms with Crippen LogP contribution < -0.4 is 9.62 Å². The van der Waals surface area contributed by atoms with Crippen LogP contribution in [0, 0.1) is 6.92 Å². The molecule has 0 heterocycles. The molecule has 0 unspecified atom stereocenters. The van der Waals surface area contributed by atoms with Gasteiger partial charge in [0.25, 0.3) is 0 Å². The van der Waals surface area contributed by atoms with Crippen LogP contribution in [0.1, 0.15) is 57.1 Å². The highest BCUT2D eigenvalue weighted by Crippen LogP contribution is 2.29. The number of amides is 2. The first-order valence-corrected chi connectivity index (χ1v) is 15.6. The van der Waals surface area contributed by atoms with Crippen LogP contribution in [0.15, 0.2) is 36.4 Å². The average molecular weight is 605 g/mol. The molecule has 2 amide bonds. The van der Waals surface area contributed by atoms with Crippen molar-refractivity contribution >= 4 is 62.3 Å². The van der Waals surface area contributed by atoms with Crippen molar-refractivity contribution in [2.45, 2.75) is 65.5 Å². The molecule has 0 aromatic heterocycles. The van der Waals surface area contributed by atoms with Gasteiger partial charge in [-0.25, -0.2) is 8.42 Å². The van der Waals surface area contributed by atoms with Crippen molar-refractivity contribution in [1.82, 2.24) is 10.2 Å². The van der Waals surface area contributed by atoms with E-state index in [0.717, 1.165) is 24.7 Å². The SMILES string of the molecule is CCCCNC(=O)[C@H](CC)N(Cc1c(Cl)cccc1Cl)C(=O)CCCN(c1cc(Cl)ccc1C)S(C)(=O)=O. The zero-order chi connectivity index (χ0) is 28.5. The van der Waals surface area contributed by atoms with Gasteiger partial charge in [0.1, 0.15) is 6.04 Å². The molecule has 0 saturated carbocycles. The Balaban J connectivity index is 2.29. The first kappa shape index (κ1) is 32.2. The summed E-state index contributed by atoms with van der Waals surface area (Å²) in [6, 6.07) is 9.40. The molecule has 2 aromatic rings. The summed E-state index contributed by atoms with van der Waals surface area (Å²) >= 11 is 18.9. The van der Waals surface area contributed by atoms with E-state index < -0.39 is 16.1 Å². The molecule has 0 fully saturated rings. The van der Waals surface area contributed by atoms with Crippen molar-refractivity contribution in [3.05, 3.63) is 62.6 Å². The van der Waals surface area contributed by atoms with Gasteiger partial charge in [-0.1, -0.05) is 67.2 Å². The third-order valence-electron chi connectivity index (χ3n) is 6.20. The molecule has 1 atom stereocenters. The van der Waals surface area contributed by atoms with Gasteiger partial charge in [0.2, 0.25) is 21.8 Å². The van der Waals surface area contributed by atoms with Gasteiger partial charge in [-0.2, -0.15) is 0 Å². The number of unbranched alkanes of at least 4 members (excludes halogenated alkanes) is 1. The van der Waals surface area contributed by atoms with Gasteiger partial charge in [-0.05, 0) is 56.0 Å². The standard InChI is InChI=1S/C27H36Cl3N3O4S/c1-5-7-15-31-27(35)24(6-2)32(18-21-22(29)10-8-11-23(21)30)26(34)12-9-16-33(38(4,36)37)25-17-20(28)14-13-19(25)3/h8,10-11,13-14,17,24H,5-7,9,12,15-16,18H2,1-4H3,(H,31,35)/t24-/m0/s1. The number of anilines is 1. The van der Waals surface area contributed by atoms with Gasteiger partial charge in [-0.3, -0.25) is 13.9 Å². The van der Waals surface area contributed by atoms with Crippen LogP contribution in [-0.2, 0) is 26.2 Å². The number of nitrogens with one attached hydrogen (secondary N) is 1. The average Bonchev–Trinajstić information content (AvgIpc) is 2.84. The largest absolute Gasteiger partial charge is 0.354 e. The molecule has 0 bridgehead atoms. The highest BCUT2D eigenvalue weighted by atomic mass is 35.5. The van der Waals surface area contributed by atoms with E-state index in [2.05, 4.69) is 5.32 Å². The fourth-order valence-corrected chi connectivity index (χ4v) is 5.81. The Hall–Kier alpha value is -2.00. The van der Waals surface area contributed by atoms with E-state index in [1.165, 1.54) is 9.21 Å². The smallest absolute Gasteiger partial charge is 0.242 e. The lowest BCUT2D eigenvalue weighted by Gasteiger charge is -2.31. The Morgan fingerprint density at radius 3 is 2.26 bits per heavy atom. The molecule has 1 N–H and O–H groups in total. The predicted octanol–water partition coefficient (Wildman–Crippen LogP) is 6.23. The molecule has 11 heteroatoms. The number of carbonyl (C=O) groups excluding carboxylic acids is 2. The lowest BCUT2D eigenvalue weighted by Crippen LogP contribution is -2.49. The van der Waals surface area contributed by atoms with Crippen molar-refractivity contribution in [2.75, 3.05) is 23.7 Å². The first-order valence-electron chi connectivity index (χ1n) is 12.6. The highest BCUT2D eigenvalue weighted by Gasteiger charge is 2.30. The van der Waals surface area contributed by atoms with Crippen molar-refractivity contribution in [1.29, 1.82) is 0 Å². The van der Waals surface area contributed by atoms with Crippen molar-refractivity contribution in [2.24, 2.45) is 0 Å². The maximum absolute atomic E-state index is 13.6. The number of hydrogen-bond donors (Lipinski definition) is 1. The zero-order valence-corrected chi connectivity index (χ0v) is 25.4. The van der Waals surface area contributed by atoms with Gasteiger partial charge in [0.15, 0.2) is 0 Å². The monoisotopic (exact) mass is 603 g/mol. The van der Waals surface area contributed by atoms with Gasteiger partial charge in [-0.15, -0.1) is 0 Å². The van der Waals surface area contributed by atoms with Crippen LogP contribution in [-0.4, -0.2) is 50.5 Å². The summed E-state index contributed by atoms with van der Waals surface area (Å²) in [6.07, 6.45) is 3.52. The minimum absolute atomic E-state index is 0.0203. The fourth-order valence-electron chi connectivity index (χ4n) is 4.11. The van der Waals surface area contributed by atoms with E-state index in [4.69, 9.17) is 34.8 Å². The Bertz CT molecular complexity index is 1200. The van der Waals surface area contributed by atoms with Crippen LogP contribution in [0.2, 0.25) is 15.1 Å². The van der Waals surface area contributed by atoms with Crippen molar-refractivity contribution < 1.29 is 18.0 Å². The lowest BCUT2D eigenvalue weighted by atomic mass is 10.1. The number of rotatable bonds is 14. The molecule has 0 spiro atoms. The van der Waals surface area contributed by atoms with Gasteiger partial charge >= 0.3 is 0 Å². The number of sulfonamides is 1. The molecule has 2 rings (SSSR count). The maximum atomic E-state index is 13.6. The third kappa shape index (κ3) is 9.04. The van der Waals surface area contributed by atoms with E-state index in [9.17, 15) is 18.0 Å². The molecular formula is C27H36Cl3N3O4S. The van der Waals surface area contributed by atoms with Crippen LogP contribution in [0.4, 0.5) is 5.69 Å². The molecule has 0 aliphatic heterocycles. The number of nitrogens with zero attached hydrogens (tertiary/aromatic N) is 2. The molecule has 0 radical (unpaired) electrons. The summed E-state index contributed by atoms with van der Waals surface area (Å²) < 4.78 is 26.4. The van der Waals surface area contributed by atoms with E-state index in [0.29, 0.717) is 39.3 Å². The van der Waals surface area contributed by atoms with E-state index >= 15 is 0 Å². The van der Waals surface area contributed by atoms with Gasteiger partial charge in [0, 0.05) is 46.7 Å². The number of halogens is 3. The van der Waals surface area contributed by atoms with Crippen molar-refractivity contribution in [3.8, 4) is 0 Å². The van der Waals surface area contributed by atoms with Gasteiger partial charge in [0.05, 0.1) is 11.9 Å². The molecule has 0 aliphatic rings. The minimum atomic E-state index is -3.63. The second kappa shape index (κ2) is 15.0. The second-order valence-corrected chi connectivity index (χ2v) is 12.3. The van der Waals surface area contributed by atoms with Crippen LogP contribution in [0.25, 0.3) is 0 Å². The summed E-state index contributed by atoms with van der Waals surface area (Å²) in [5.41, 5.74) is 1.76. The molecule has 7 nitrogen and oxygen atoms in total. The Morgan fingerprint density at radius 2 is 1.68 bits per heavy atom. The van der Waals surface area contributed by atoms with E-state index in [1.54, 1.807) is 43.3 Å². The van der Waals surface area contributed by atoms with E-state index in [-0.39, 0.29) is 37.7 Å². The number of carbonyl (C=O) groups is 2. The summed E-state index contributed by atoms with van der Waals surface area (Å²) in [5, 5.41) is 4.13. The number of benzene rings is 2. The van der Waals surface area contributed by atoms with Crippen LogP contribution in [0.5, 0.6) is 0 Å². The molecule has 2 aromatic carbocycles. The molecule has 0 saturated heterocycles. The highest BCUT2D eigenvalue weighted by molar-refractivity contribution is 7.92. The molecule has 0 aliphatic carbocycles. The summed E-state index contributed by atoms with van der Waals surface area (Å²) in [6.45, 7) is 6.32. The van der Waals surface area contributed by atoms with Gasteiger partial charge < -0.3 is 10.2 Å². The minimum Gasteiger partial charge on any atom is -0.354 e. The predicted molar refractivity (Wildman–Crippen MR) is 157 cm³/mol. The Labute approximate surface area is 241 Å². The maximum Gasteiger partial charge on any atom is 0.242 e. The molecular weight excluding hydrogens is 569 g/mol. The topological polar surface area (TPSA) is 86.8 Å². The first-order chi connectivity index (χ1) is 17.9. The zero-order valence-electron chi connectivity index (χ0n) is 22.3. The third-order valence-corrected chi connectivity index (χ3v) is 8.32. The lowest BCUT2D eigenvalue weighted by molar-refractivity contribution is -0.141. The summed E-state index contributed by atoms with van der Waals surface area (Å²) in [7, 11) is -3.63. The Morgan fingerprint density at radius 1 is 1.03 bits per heavy atom. The molecule has 210 valence electrons. The van der Waals surface area contributed by atoms with Crippen molar-refractivity contribution in [3.63, 3.8) is 0 Å². The normalized spacial score (nSPS) is 12.2. The quantitative estimate of drug-likeness (QED) is 0.259. The molecule has 38 heavy (non-hydrogen) atoms. The van der Waals surface area contributed by atoms with E-state index in [1.807, 2.05) is 13.8 Å². The number of hydrogen-bond acceptors (Lipinski definition) is 4.